The molecule has 2 fully saturated rings. The zero-order valence-corrected chi connectivity index (χ0v) is 37.5. The van der Waals surface area contributed by atoms with Gasteiger partial charge in [-0.2, -0.15) is 0 Å². The fourth-order valence-electron chi connectivity index (χ4n) is 9.46. The second kappa shape index (κ2) is 17.9. The topological polar surface area (TPSA) is 123 Å². The van der Waals surface area contributed by atoms with Crippen LogP contribution in [0.25, 0.3) is 22.3 Å². The predicted octanol–water partition coefficient (Wildman–Crippen LogP) is 10.1. The molecule has 328 valence electrons. The van der Waals surface area contributed by atoms with E-state index < -0.39 is 11.9 Å². The molecule has 4 aromatic carbocycles. The van der Waals surface area contributed by atoms with Crippen LogP contribution in [0.3, 0.4) is 0 Å². The van der Waals surface area contributed by atoms with Crippen LogP contribution >= 0.6 is 23.2 Å². The lowest BCUT2D eigenvalue weighted by Crippen LogP contribution is -2.57. The number of esters is 1. The molecule has 4 aliphatic heterocycles. The van der Waals surface area contributed by atoms with E-state index in [1.54, 1.807) is 6.08 Å². The van der Waals surface area contributed by atoms with Crippen molar-refractivity contribution >= 4 is 47.0 Å². The molecule has 0 saturated carbocycles. The molecule has 0 aliphatic carbocycles. The van der Waals surface area contributed by atoms with Crippen LogP contribution in [0.1, 0.15) is 78.8 Å². The molecule has 0 aromatic heterocycles. The second-order valence-electron chi connectivity index (χ2n) is 18.7. The lowest BCUT2D eigenvalue weighted by Gasteiger charge is -2.49. The maximum absolute atomic E-state index is 13.4. The van der Waals surface area contributed by atoms with Crippen molar-refractivity contribution in [3.63, 3.8) is 0 Å². The first-order valence-corrected chi connectivity index (χ1v) is 22.3. The van der Waals surface area contributed by atoms with E-state index >= 15 is 0 Å². The van der Waals surface area contributed by atoms with Crippen LogP contribution < -0.4 is 9.47 Å². The quantitative estimate of drug-likeness (QED) is 0.0755. The van der Waals surface area contributed by atoms with Crippen molar-refractivity contribution in [3.05, 3.63) is 129 Å². The summed E-state index contributed by atoms with van der Waals surface area (Å²) in [4.78, 5) is 53.5. The van der Waals surface area contributed by atoms with Gasteiger partial charge in [0.2, 0.25) is 0 Å². The predicted molar refractivity (Wildman–Crippen MR) is 244 cm³/mol. The summed E-state index contributed by atoms with van der Waals surface area (Å²) in [6.07, 6.45) is 8.72. The standard InChI is InChI=1S/C51H52Cl2N2O8/c1-31(26-51(4)29-55(30-51)49(60)35-13-9-33(10-14-35)36-20-38-22-40(15-17-44(56)57)62-46(38)42(52)24-36)6-5-19-61-45(58)18-16-41-23-39-21-37(25-43(53)47(39)63-41)32-7-11-34(12-8-32)48(59)54-27-50(2,3)28-54/h7-18,20-21,24-25,31,40-41H,5-6,19,22-23,26-30H2,1-4H3,(H,56,57)/b17-15+,18-16+/t31-,40?,41?/m1/s1. The summed E-state index contributed by atoms with van der Waals surface area (Å²) in [6.45, 7) is 12.0. The number of benzene rings is 4. The van der Waals surface area contributed by atoms with Gasteiger partial charge in [0.05, 0.1) is 16.7 Å². The Hall–Kier alpha value is -5.58. The Labute approximate surface area is 378 Å². The fraction of sp³-hybridized carbons (Fsp3) is 0.373. The number of carbonyl (C=O) groups is 4. The number of nitrogens with zero attached hydrogens (tertiary/aromatic N) is 2. The van der Waals surface area contributed by atoms with Gasteiger partial charge in [-0.1, -0.05) is 75.2 Å². The first-order valence-electron chi connectivity index (χ1n) is 21.6. The first kappa shape index (κ1) is 44.0. The monoisotopic (exact) mass is 890 g/mol. The van der Waals surface area contributed by atoms with Crippen molar-refractivity contribution in [1.82, 2.24) is 9.80 Å². The number of carboxylic acid groups (broad SMARTS) is 1. The molecule has 10 nitrogen and oxygen atoms in total. The van der Waals surface area contributed by atoms with Gasteiger partial charge in [0.15, 0.2) is 0 Å². The molecule has 0 spiro atoms. The molecule has 0 bridgehead atoms. The minimum atomic E-state index is -1.03. The number of fused-ring (bicyclic) bond motifs is 2. The van der Waals surface area contributed by atoms with Gasteiger partial charge < -0.3 is 29.1 Å². The van der Waals surface area contributed by atoms with Gasteiger partial charge in [0, 0.05) is 78.8 Å². The van der Waals surface area contributed by atoms with E-state index in [2.05, 4.69) is 33.8 Å². The van der Waals surface area contributed by atoms with Crippen LogP contribution in [0.15, 0.2) is 97.1 Å². The summed E-state index contributed by atoms with van der Waals surface area (Å²) in [5.41, 5.74) is 7.07. The van der Waals surface area contributed by atoms with Crippen molar-refractivity contribution in [1.29, 1.82) is 0 Å². The highest BCUT2D eigenvalue weighted by Gasteiger charge is 2.42. The van der Waals surface area contributed by atoms with Gasteiger partial charge in [0.1, 0.15) is 23.7 Å². The number of halogens is 2. The number of amides is 2. The van der Waals surface area contributed by atoms with Crippen LogP contribution in [-0.2, 0) is 27.2 Å². The lowest BCUT2D eigenvalue weighted by molar-refractivity contribution is -0.138. The normalized spacial score (nSPS) is 19.7. The molecule has 2 amide bonds. The van der Waals surface area contributed by atoms with E-state index in [-0.39, 0.29) is 34.9 Å². The maximum atomic E-state index is 13.4. The summed E-state index contributed by atoms with van der Waals surface area (Å²) in [6, 6.07) is 22.9. The first-order chi connectivity index (χ1) is 30.0. The summed E-state index contributed by atoms with van der Waals surface area (Å²) in [5.74, 6) is 0.196. The summed E-state index contributed by atoms with van der Waals surface area (Å²) in [5, 5.41) is 9.91. The molecule has 63 heavy (non-hydrogen) atoms. The molecule has 0 radical (unpaired) electrons. The molecule has 2 unspecified atom stereocenters. The zero-order valence-electron chi connectivity index (χ0n) is 36.0. The lowest BCUT2D eigenvalue weighted by atomic mass is 9.74. The number of ether oxygens (including phenoxy) is 3. The van der Waals surface area contributed by atoms with Crippen molar-refractivity contribution < 1.29 is 38.5 Å². The van der Waals surface area contributed by atoms with Crippen molar-refractivity contribution in [2.24, 2.45) is 16.7 Å². The Morgan fingerprint density at radius 1 is 0.730 bits per heavy atom. The van der Waals surface area contributed by atoms with Gasteiger partial charge in [-0.05, 0) is 114 Å². The third-order valence-electron chi connectivity index (χ3n) is 12.3. The number of likely N-dealkylation sites (tertiary alicyclic amines) is 2. The van der Waals surface area contributed by atoms with Crippen LogP contribution in [-0.4, -0.2) is 83.7 Å². The van der Waals surface area contributed by atoms with Crippen LogP contribution in [0.4, 0.5) is 0 Å². The van der Waals surface area contributed by atoms with Crippen LogP contribution in [0, 0.1) is 16.7 Å². The van der Waals surface area contributed by atoms with Crippen LogP contribution in [0.5, 0.6) is 11.5 Å². The second-order valence-corrected chi connectivity index (χ2v) is 19.6. The zero-order chi connectivity index (χ0) is 44.6. The van der Waals surface area contributed by atoms with Gasteiger partial charge in [-0.25, -0.2) is 9.59 Å². The van der Waals surface area contributed by atoms with Crippen molar-refractivity contribution in [2.75, 3.05) is 32.8 Å². The molecule has 8 rings (SSSR count). The molecule has 2 saturated heterocycles. The molecular weight excluding hydrogens is 839 g/mol. The number of carbonyl (C=O) groups excluding carboxylic acids is 3. The summed E-state index contributed by atoms with van der Waals surface area (Å²) >= 11 is 13.2. The van der Waals surface area contributed by atoms with E-state index in [4.69, 9.17) is 42.5 Å². The van der Waals surface area contributed by atoms with E-state index in [9.17, 15) is 19.2 Å². The Morgan fingerprint density at radius 3 is 1.68 bits per heavy atom. The maximum Gasteiger partial charge on any atom is 0.330 e. The average molecular weight is 892 g/mol. The fourth-order valence-corrected chi connectivity index (χ4v) is 10.0. The Kier molecular flexibility index (Phi) is 12.5. The minimum absolute atomic E-state index is 0.00220. The van der Waals surface area contributed by atoms with E-state index in [1.165, 1.54) is 12.2 Å². The molecule has 1 N–H and O–H groups in total. The Bertz CT molecular complexity index is 2480. The van der Waals surface area contributed by atoms with E-state index in [0.29, 0.717) is 71.1 Å². The number of rotatable bonds is 14. The summed E-state index contributed by atoms with van der Waals surface area (Å²) in [7, 11) is 0. The number of hydrogen-bond acceptors (Lipinski definition) is 7. The van der Waals surface area contributed by atoms with Crippen LogP contribution in [0.2, 0.25) is 10.0 Å². The highest BCUT2D eigenvalue weighted by Crippen LogP contribution is 2.42. The number of hydrogen-bond donors (Lipinski definition) is 1. The Balaban J connectivity index is 0.738. The molecule has 4 aliphatic rings. The summed E-state index contributed by atoms with van der Waals surface area (Å²) < 4.78 is 17.5. The third kappa shape index (κ3) is 10.1. The average Bonchev–Trinajstić information content (AvgIpc) is 3.86. The van der Waals surface area contributed by atoms with Gasteiger partial charge in [-0.3, -0.25) is 9.59 Å². The molecular formula is C51H52Cl2N2O8. The largest absolute Gasteiger partial charge is 0.484 e. The number of aliphatic carboxylic acids is 1. The number of carboxylic acids is 1. The molecule has 4 heterocycles. The Morgan fingerprint density at radius 2 is 1.21 bits per heavy atom. The van der Waals surface area contributed by atoms with Crippen molar-refractivity contribution in [3.8, 4) is 33.8 Å². The van der Waals surface area contributed by atoms with Gasteiger partial charge in [0.25, 0.3) is 11.8 Å². The van der Waals surface area contributed by atoms with E-state index in [0.717, 1.165) is 71.8 Å². The third-order valence-corrected chi connectivity index (χ3v) is 12.9. The van der Waals surface area contributed by atoms with Crippen molar-refractivity contribution in [2.45, 2.75) is 72.0 Å². The highest BCUT2D eigenvalue weighted by atomic mass is 35.5. The SMILES string of the molecule is C[C@H](CCCOC(=O)/C=C/C1Cc2cc(-c3ccc(C(=O)N4CC(C)(C)C4)cc3)cc(Cl)c2O1)CC1(C)CN(C(=O)c2ccc(-c3cc(Cl)c4c(c3)CC(/C=C/C(=O)O)O4)cc2)C1. The van der Waals surface area contributed by atoms with Gasteiger partial charge in [-0.15, -0.1) is 0 Å². The van der Waals surface area contributed by atoms with Gasteiger partial charge >= 0.3 is 11.9 Å². The molecule has 3 atom stereocenters. The smallest absolute Gasteiger partial charge is 0.330 e. The van der Waals surface area contributed by atoms with E-state index in [1.807, 2.05) is 76.5 Å². The minimum Gasteiger partial charge on any atom is -0.484 e. The molecule has 4 aromatic rings. The molecule has 12 heteroatoms. The highest BCUT2D eigenvalue weighted by molar-refractivity contribution is 6.33.